The Morgan fingerprint density at radius 3 is 2.40 bits per heavy atom. The van der Waals surface area contributed by atoms with E-state index < -0.39 is 0 Å². The highest BCUT2D eigenvalue weighted by molar-refractivity contribution is 5.77. The smallest absolute Gasteiger partial charge is 0.306 e. The normalized spacial score (nSPS) is 15.9. The van der Waals surface area contributed by atoms with Gasteiger partial charge in [-0.1, -0.05) is 26.8 Å². The summed E-state index contributed by atoms with van der Waals surface area (Å²) < 4.78 is 9.77. The zero-order valence-corrected chi connectivity index (χ0v) is 19.0. The number of carbonyl (C=O) groups is 2. The lowest BCUT2D eigenvalue weighted by atomic mass is 9.95. The first kappa shape index (κ1) is 24.0. The second-order valence-electron chi connectivity index (χ2n) is 8.59. The molecule has 0 aliphatic carbocycles. The topological polar surface area (TPSA) is 85.1 Å². The molecule has 1 aromatic rings. The lowest BCUT2D eigenvalue weighted by Crippen LogP contribution is -2.48. The molecule has 0 spiro atoms. The van der Waals surface area contributed by atoms with E-state index >= 15 is 0 Å². The van der Waals surface area contributed by atoms with Gasteiger partial charge in [0.25, 0.3) is 0 Å². The minimum Gasteiger partial charge on any atom is -0.469 e. The molecule has 0 radical (unpaired) electrons. The minimum absolute atomic E-state index is 0.0439. The molecule has 0 bridgehead atoms. The second-order valence-corrected chi connectivity index (χ2v) is 8.59. The quantitative estimate of drug-likeness (QED) is 0.489. The van der Waals surface area contributed by atoms with Crippen LogP contribution in [0.4, 0.5) is 11.4 Å². The zero-order valence-electron chi connectivity index (χ0n) is 19.0. The molecule has 0 saturated carbocycles. The van der Waals surface area contributed by atoms with Gasteiger partial charge in [0.05, 0.1) is 24.9 Å². The van der Waals surface area contributed by atoms with Gasteiger partial charge in [0.15, 0.2) is 0 Å². The Kier molecular flexibility index (Phi) is 8.96. The Morgan fingerprint density at radius 2 is 1.87 bits per heavy atom. The van der Waals surface area contributed by atoms with E-state index in [2.05, 4.69) is 30.9 Å². The number of hydrogen-bond donors (Lipinski definition) is 1. The molecule has 1 amide bonds. The Labute approximate surface area is 180 Å². The van der Waals surface area contributed by atoms with Gasteiger partial charge in [-0.25, -0.2) is 0 Å². The zero-order chi connectivity index (χ0) is 22.3. The highest BCUT2D eigenvalue weighted by Crippen LogP contribution is 2.33. The van der Waals surface area contributed by atoms with Crippen molar-refractivity contribution >= 4 is 23.3 Å². The van der Waals surface area contributed by atoms with Crippen LogP contribution in [0.25, 0.3) is 0 Å². The molecule has 1 fully saturated rings. The SMILES string of the molecule is COCC(=O)N1CCC(N(CC(C)C)c2ccc([C@H](C)CC(=O)OC)cc2N)CC1. The number of likely N-dealkylation sites (tertiary alicyclic amines) is 1. The van der Waals surface area contributed by atoms with Crippen LogP contribution >= 0.6 is 0 Å². The standard InChI is InChI=1S/C23H37N3O4/c1-16(2)14-26(19-8-10-25(11-9-19)22(27)15-29-4)21-7-6-18(13-20(21)24)17(3)12-23(28)30-5/h6-7,13,16-17,19H,8-12,14-15,24H2,1-5H3/t17-/m1/s1. The number of methoxy groups -OCH3 is 2. The Bertz CT molecular complexity index is 714. The van der Waals surface area contributed by atoms with Crippen molar-refractivity contribution < 1.29 is 19.1 Å². The number of carbonyl (C=O) groups excluding carboxylic acids is 2. The van der Waals surface area contributed by atoms with Crippen molar-refractivity contribution in [1.82, 2.24) is 4.90 Å². The van der Waals surface area contributed by atoms with Crippen LogP contribution in [0.5, 0.6) is 0 Å². The van der Waals surface area contributed by atoms with E-state index in [0.717, 1.165) is 49.4 Å². The summed E-state index contributed by atoms with van der Waals surface area (Å²) in [5.74, 6) is 0.356. The summed E-state index contributed by atoms with van der Waals surface area (Å²) >= 11 is 0. The van der Waals surface area contributed by atoms with Gasteiger partial charge >= 0.3 is 5.97 Å². The molecule has 0 aromatic heterocycles. The number of piperidine rings is 1. The summed E-state index contributed by atoms with van der Waals surface area (Å²) in [6, 6.07) is 6.44. The van der Waals surface area contributed by atoms with Gasteiger partial charge in [-0.15, -0.1) is 0 Å². The highest BCUT2D eigenvalue weighted by atomic mass is 16.5. The van der Waals surface area contributed by atoms with E-state index in [4.69, 9.17) is 15.2 Å². The fourth-order valence-electron chi connectivity index (χ4n) is 4.07. The fourth-order valence-corrected chi connectivity index (χ4v) is 4.07. The molecule has 7 nitrogen and oxygen atoms in total. The summed E-state index contributed by atoms with van der Waals surface area (Å²) in [6.07, 6.45) is 2.14. The maximum Gasteiger partial charge on any atom is 0.306 e. The van der Waals surface area contributed by atoms with E-state index in [-0.39, 0.29) is 24.4 Å². The number of nitrogen functional groups attached to an aromatic ring is 1. The first-order valence-electron chi connectivity index (χ1n) is 10.8. The summed E-state index contributed by atoms with van der Waals surface area (Å²) in [5.41, 5.74) is 9.27. The fraction of sp³-hybridized carbons (Fsp3) is 0.652. The molecule has 168 valence electrons. The number of benzene rings is 1. The molecule has 30 heavy (non-hydrogen) atoms. The van der Waals surface area contributed by atoms with E-state index in [1.165, 1.54) is 7.11 Å². The number of hydrogen-bond acceptors (Lipinski definition) is 6. The van der Waals surface area contributed by atoms with Crippen molar-refractivity contribution in [2.75, 3.05) is 51.1 Å². The molecule has 2 N–H and O–H groups in total. The number of amides is 1. The van der Waals surface area contributed by atoms with E-state index in [1.54, 1.807) is 7.11 Å². The molecule has 1 heterocycles. The summed E-state index contributed by atoms with van der Waals surface area (Å²) in [5, 5.41) is 0. The van der Waals surface area contributed by atoms with E-state index in [1.807, 2.05) is 17.9 Å². The first-order valence-corrected chi connectivity index (χ1v) is 10.8. The number of esters is 1. The first-order chi connectivity index (χ1) is 14.3. The van der Waals surface area contributed by atoms with Crippen molar-refractivity contribution in [3.05, 3.63) is 23.8 Å². The van der Waals surface area contributed by atoms with Crippen LogP contribution in [-0.2, 0) is 19.1 Å². The Hall–Kier alpha value is -2.28. The van der Waals surface area contributed by atoms with E-state index in [0.29, 0.717) is 18.4 Å². The molecule has 1 aliphatic heterocycles. The van der Waals surface area contributed by atoms with Crippen LogP contribution in [0, 0.1) is 5.92 Å². The summed E-state index contributed by atoms with van der Waals surface area (Å²) in [6.45, 7) is 8.91. The largest absolute Gasteiger partial charge is 0.469 e. The number of nitrogens with zero attached hydrogens (tertiary/aromatic N) is 2. The average molecular weight is 420 g/mol. The van der Waals surface area contributed by atoms with Crippen molar-refractivity contribution in [3.63, 3.8) is 0 Å². The molecule has 1 saturated heterocycles. The van der Waals surface area contributed by atoms with Crippen LogP contribution in [0.15, 0.2) is 18.2 Å². The molecular weight excluding hydrogens is 382 g/mol. The van der Waals surface area contributed by atoms with E-state index in [9.17, 15) is 9.59 Å². The third-order valence-electron chi connectivity index (χ3n) is 5.72. The monoisotopic (exact) mass is 419 g/mol. The van der Waals surface area contributed by atoms with Crippen molar-refractivity contribution in [2.24, 2.45) is 5.92 Å². The maximum absolute atomic E-state index is 12.1. The summed E-state index contributed by atoms with van der Waals surface area (Å²) in [7, 11) is 2.96. The second kappa shape index (κ2) is 11.2. The van der Waals surface area contributed by atoms with Crippen LogP contribution < -0.4 is 10.6 Å². The van der Waals surface area contributed by atoms with Crippen LogP contribution in [0.1, 0.15) is 51.5 Å². The molecule has 7 heteroatoms. The van der Waals surface area contributed by atoms with Gasteiger partial charge < -0.3 is 25.0 Å². The number of rotatable bonds is 9. The number of ether oxygens (including phenoxy) is 2. The third-order valence-corrected chi connectivity index (χ3v) is 5.72. The molecule has 1 atom stereocenters. The summed E-state index contributed by atoms with van der Waals surface area (Å²) in [4.78, 5) is 28.0. The predicted octanol–water partition coefficient (Wildman–Crippen LogP) is 3.04. The lowest BCUT2D eigenvalue weighted by molar-refractivity contribution is -0.141. The maximum atomic E-state index is 12.1. The highest BCUT2D eigenvalue weighted by Gasteiger charge is 2.28. The minimum atomic E-state index is -0.221. The van der Waals surface area contributed by atoms with Crippen LogP contribution in [0.3, 0.4) is 0 Å². The number of nitrogens with two attached hydrogens (primary N) is 1. The van der Waals surface area contributed by atoms with Gasteiger partial charge in [0, 0.05) is 32.8 Å². The number of anilines is 2. The van der Waals surface area contributed by atoms with Crippen LogP contribution in [0.2, 0.25) is 0 Å². The Balaban J connectivity index is 2.15. The van der Waals surface area contributed by atoms with Gasteiger partial charge in [-0.3, -0.25) is 9.59 Å². The molecular formula is C23H37N3O4. The van der Waals surface area contributed by atoms with Crippen molar-refractivity contribution in [3.8, 4) is 0 Å². The molecule has 0 unspecified atom stereocenters. The van der Waals surface area contributed by atoms with Crippen molar-refractivity contribution in [2.45, 2.75) is 52.0 Å². The third kappa shape index (κ3) is 6.36. The van der Waals surface area contributed by atoms with Crippen LogP contribution in [-0.4, -0.2) is 63.3 Å². The Morgan fingerprint density at radius 1 is 1.20 bits per heavy atom. The average Bonchev–Trinajstić information content (AvgIpc) is 2.72. The lowest BCUT2D eigenvalue weighted by Gasteiger charge is -2.41. The van der Waals surface area contributed by atoms with Gasteiger partial charge in [-0.2, -0.15) is 0 Å². The van der Waals surface area contributed by atoms with Crippen molar-refractivity contribution in [1.29, 1.82) is 0 Å². The van der Waals surface area contributed by atoms with Gasteiger partial charge in [0.2, 0.25) is 5.91 Å². The molecule has 1 aromatic carbocycles. The molecule has 2 rings (SSSR count). The molecule has 1 aliphatic rings. The predicted molar refractivity (Wildman–Crippen MR) is 120 cm³/mol. The van der Waals surface area contributed by atoms with Gasteiger partial charge in [-0.05, 0) is 42.4 Å². The van der Waals surface area contributed by atoms with Gasteiger partial charge in [0.1, 0.15) is 6.61 Å².